The third kappa shape index (κ3) is 5.59. The second-order valence-electron chi connectivity index (χ2n) is 7.38. The highest BCUT2D eigenvalue weighted by Crippen LogP contribution is 2.26. The summed E-state index contributed by atoms with van der Waals surface area (Å²) in [5.41, 5.74) is 5.95. The minimum atomic E-state index is -0.0916. The molecule has 0 fully saturated rings. The lowest BCUT2D eigenvalue weighted by molar-refractivity contribution is -0.117. The Kier molecular flexibility index (Phi) is 7.82. The molecule has 0 saturated heterocycles. The molecule has 156 valence electrons. The standard InChI is InChI=1S/C24H33N3O2/c1-7-26(8-2)21-12-13-22(19(5)16-21)27(20(6)28)15-14-23(29)25-24-17(3)10-9-11-18(24)4/h9-13,16H,7-8,14-15H2,1-6H3,(H,25,29). The zero-order valence-corrected chi connectivity index (χ0v) is 18.5. The average molecular weight is 396 g/mol. The maximum absolute atomic E-state index is 12.5. The molecule has 0 aliphatic heterocycles. The van der Waals surface area contributed by atoms with Crippen LogP contribution in [-0.4, -0.2) is 31.4 Å². The normalized spacial score (nSPS) is 10.6. The molecule has 0 bridgehead atoms. The Morgan fingerprint density at radius 1 is 0.931 bits per heavy atom. The fourth-order valence-corrected chi connectivity index (χ4v) is 3.60. The smallest absolute Gasteiger partial charge is 0.226 e. The van der Waals surface area contributed by atoms with Crippen LogP contribution in [0, 0.1) is 20.8 Å². The van der Waals surface area contributed by atoms with Crippen LogP contribution in [0.3, 0.4) is 0 Å². The summed E-state index contributed by atoms with van der Waals surface area (Å²) in [7, 11) is 0. The van der Waals surface area contributed by atoms with E-state index in [0.29, 0.717) is 6.54 Å². The van der Waals surface area contributed by atoms with Gasteiger partial charge in [0.2, 0.25) is 11.8 Å². The number of hydrogen-bond acceptors (Lipinski definition) is 3. The lowest BCUT2D eigenvalue weighted by Crippen LogP contribution is -2.32. The minimum absolute atomic E-state index is 0.0661. The van der Waals surface area contributed by atoms with Gasteiger partial charge in [0.05, 0.1) is 0 Å². The molecule has 0 aliphatic rings. The summed E-state index contributed by atoms with van der Waals surface area (Å²) in [5, 5.41) is 2.99. The van der Waals surface area contributed by atoms with Gasteiger partial charge in [0.1, 0.15) is 0 Å². The number of rotatable bonds is 8. The van der Waals surface area contributed by atoms with E-state index in [-0.39, 0.29) is 18.2 Å². The van der Waals surface area contributed by atoms with Crippen molar-refractivity contribution in [1.82, 2.24) is 0 Å². The van der Waals surface area contributed by atoms with E-state index in [9.17, 15) is 9.59 Å². The van der Waals surface area contributed by atoms with Crippen molar-refractivity contribution in [2.45, 2.75) is 48.0 Å². The summed E-state index contributed by atoms with van der Waals surface area (Å²) in [5.74, 6) is -0.158. The van der Waals surface area contributed by atoms with Gasteiger partial charge in [-0.25, -0.2) is 0 Å². The summed E-state index contributed by atoms with van der Waals surface area (Å²) < 4.78 is 0. The molecule has 0 heterocycles. The molecule has 1 N–H and O–H groups in total. The number of amides is 2. The highest BCUT2D eigenvalue weighted by Gasteiger charge is 2.17. The van der Waals surface area contributed by atoms with Crippen LogP contribution in [0.5, 0.6) is 0 Å². The van der Waals surface area contributed by atoms with Crippen LogP contribution in [0.25, 0.3) is 0 Å². The van der Waals surface area contributed by atoms with Crippen molar-refractivity contribution in [3.05, 3.63) is 53.1 Å². The van der Waals surface area contributed by atoms with Crippen LogP contribution < -0.4 is 15.1 Å². The summed E-state index contributed by atoms with van der Waals surface area (Å²) in [6, 6.07) is 12.1. The van der Waals surface area contributed by atoms with Gasteiger partial charge < -0.3 is 15.1 Å². The number of hydrogen-bond donors (Lipinski definition) is 1. The Hall–Kier alpha value is -2.82. The lowest BCUT2D eigenvalue weighted by atomic mass is 10.1. The summed E-state index contributed by atoms with van der Waals surface area (Å²) in [6.07, 6.45) is 0.241. The van der Waals surface area contributed by atoms with E-state index < -0.39 is 0 Å². The molecule has 0 spiro atoms. The van der Waals surface area contributed by atoms with Crippen LogP contribution in [0.1, 0.15) is 43.9 Å². The van der Waals surface area contributed by atoms with Gasteiger partial charge in [0, 0.05) is 50.0 Å². The monoisotopic (exact) mass is 395 g/mol. The molecule has 0 saturated carbocycles. The first-order chi connectivity index (χ1) is 13.8. The van der Waals surface area contributed by atoms with Gasteiger partial charge in [-0.2, -0.15) is 0 Å². The van der Waals surface area contributed by atoms with Gasteiger partial charge in [0.25, 0.3) is 0 Å². The van der Waals surface area contributed by atoms with Crippen molar-refractivity contribution in [2.75, 3.05) is 34.8 Å². The van der Waals surface area contributed by atoms with Crippen LogP contribution in [-0.2, 0) is 9.59 Å². The van der Waals surface area contributed by atoms with E-state index in [2.05, 4.69) is 30.1 Å². The van der Waals surface area contributed by atoms with Gasteiger partial charge in [-0.05, 0) is 69.5 Å². The molecule has 0 aromatic heterocycles. The zero-order chi connectivity index (χ0) is 21.6. The largest absolute Gasteiger partial charge is 0.372 e. The number of carbonyl (C=O) groups is 2. The van der Waals surface area contributed by atoms with Gasteiger partial charge in [-0.15, -0.1) is 0 Å². The molecule has 5 nitrogen and oxygen atoms in total. The number of nitrogens with one attached hydrogen (secondary N) is 1. The fraction of sp³-hybridized carbons (Fsp3) is 0.417. The first kappa shape index (κ1) is 22.5. The Morgan fingerprint density at radius 2 is 1.55 bits per heavy atom. The van der Waals surface area contributed by atoms with E-state index >= 15 is 0 Å². The van der Waals surface area contributed by atoms with E-state index in [1.54, 1.807) is 11.8 Å². The van der Waals surface area contributed by atoms with Crippen molar-refractivity contribution in [3.63, 3.8) is 0 Å². The number of anilines is 3. The molecule has 0 aliphatic carbocycles. The number of carbonyl (C=O) groups excluding carboxylic acids is 2. The fourth-order valence-electron chi connectivity index (χ4n) is 3.60. The molecular weight excluding hydrogens is 362 g/mol. The topological polar surface area (TPSA) is 52.6 Å². The van der Waals surface area contributed by atoms with E-state index in [0.717, 1.165) is 46.8 Å². The predicted octanol–water partition coefficient (Wildman–Crippen LogP) is 4.84. The van der Waals surface area contributed by atoms with Gasteiger partial charge >= 0.3 is 0 Å². The molecule has 2 amide bonds. The molecule has 0 radical (unpaired) electrons. The molecule has 2 aromatic carbocycles. The first-order valence-electron chi connectivity index (χ1n) is 10.3. The van der Waals surface area contributed by atoms with E-state index in [4.69, 9.17) is 0 Å². The van der Waals surface area contributed by atoms with Crippen LogP contribution in [0.15, 0.2) is 36.4 Å². The summed E-state index contributed by atoms with van der Waals surface area (Å²) >= 11 is 0. The van der Waals surface area contributed by atoms with Crippen molar-refractivity contribution in [2.24, 2.45) is 0 Å². The molecule has 29 heavy (non-hydrogen) atoms. The first-order valence-corrected chi connectivity index (χ1v) is 10.3. The second-order valence-corrected chi connectivity index (χ2v) is 7.38. The third-order valence-electron chi connectivity index (χ3n) is 5.29. The quantitative estimate of drug-likeness (QED) is 0.696. The molecule has 0 atom stereocenters. The minimum Gasteiger partial charge on any atom is -0.372 e. The highest BCUT2D eigenvalue weighted by atomic mass is 16.2. The second kappa shape index (κ2) is 10.1. The van der Waals surface area contributed by atoms with E-state index in [1.807, 2.05) is 51.1 Å². The van der Waals surface area contributed by atoms with Crippen molar-refractivity contribution in [3.8, 4) is 0 Å². The van der Waals surface area contributed by atoms with Crippen LogP contribution in [0.4, 0.5) is 17.1 Å². The molecule has 2 rings (SSSR count). The Labute approximate surface area is 174 Å². The predicted molar refractivity (Wildman–Crippen MR) is 122 cm³/mol. The number of para-hydroxylation sites is 1. The SMILES string of the molecule is CCN(CC)c1ccc(N(CCC(=O)Nc2c(C)cccc2C)C(C)=O)c(C)c1. The summed E-state index contributed by atoms with van der Waals surface area (Å²) in [4.78, 5) is 28.8. The Balaban J connectivity index is 2.12. The number of benzene rings is 2. The van der Waals surface area contributed by atoms with Crippen molar-refractivity contribution >= 4 is 28.9 Å². The number of aryl methyl sites for hydroxylation is 3. The molecule has 0 unspecified atom stereocenters. The Morgan fingerprint density at radius 3 is 2.07 bits per heavy atom. The van der Waals surface area contributed by atoms with Crippen LogP contribution in [0.2, 0.25) is 0 Å². The lowest BCUT2D eigenvalue weighted by Gasteiger charge is -2.26. The third-order valence-corrected chi connectivity index (χ3v) is 5.29. The zero-order valence-electron chi connectivity index (χ0n) is 18.5. The van der Waals surface area contributed by atoms with E-state index in [1.165, 1.54) is 0 Å². The maximum atomic E-state index is 12.5. The molecular formula is C24H33N3O2. The summed E-state index contributed by atoms with van der Waals surface area (Å²) in [6.45, 7) is 14.0. The average Bonchev–Trinajstić information content (AvgIpc) is 2.67. The van der Waals surface area contributed by atoms with Crippen molar-refractivity contribution < 1.29 is 9.59 Å². The van der Waals surface area contributed by atoms with Gasteiger partial charge in [-0.1, -0.05) is 18.2 Å². The van der Waals surface area contributed by atoms with Crippen LogP contribution >= 0.6 is 0 Å². The molecule has 2 aromatic rings. The Bertz CT molecular complexity index is 852. The maximum Gasteiger partial charge on any atom is 0.226 e. The molecule has 5 heteroatoms. The van der Waals surface area contributed by atoms with Gasteiger partial charge in [0.15, 0.2) is 0 Å². The van der Waals surface area contributed by atoms with Crippen molar-refractivity contribution in [1.29, 1.82) is 0 Å². The van der Waals surface area contributed by atoms with Gasteiger partial charge in [-0.3, -0.25) is 9.59 Å². The highest BCUT2D eigenvalue weighted by molar-refractivity contribution is 5.96. The number of nitrogens with zero attached hydrogens (tertiary/aromatic N) is 2.